The van der Waals surface area contributed by atoms with Crippen molar-refractivity contribution in [3.8, 4) is 0 Å². The fourth-order valence-corrected chi connectivity index (χ4v) is 5.17. The van der Waals surface area contributed by atoms with Gasteiger partial charge >= 0.3 is 6.18 Å². The van der Waals surface area contributed by atoms with Crippen LogP contribution in [0.2, 0.25) is 5.02 Å². The summed E-state index contributed by atoms with van der Waals surface area (Å²) in [6, 6.07) is 6.62. The maximum Gasteiger partial charge on any atom is 0.390 e. The number of hydrogen-bond donors (Lipinski definition) is 2. The van der Waals surface area contributed by atoms with Crippen LogP contribution in [0.5, 0.6) is 0 Å². The summed E-state index contributed by atoms with van der Waals surface area (Å²) < 4.78 is 67.6. The molecule has 2 amide bonds. The van der Waals surface area contributed by atoms with E-state index in [4.69, 9.17) is 17.3 Å². The number of nitrogens with two attached hydrogens (primary N) is 1. The molecule has 7 nitrogen and oxygen atoms in total. The van der Waals surface area contributed by atoms with Crippen LogP contribution in [0.1, 0.15) is 35.2 Å². The number of nitrogens with zero attached hydrogens (tertiary/aromatic N) is 3. The topological polar surface area (TPSA) is 81.9 Å². The standard InChI is InChI=1S/C26H29ClF5N5O2/c27-17-4-6-19(21(14-17)36-12-10-35(11-13-36)9-7-26(30,31)32)34-25(39)18-5-3-16(22(28)23(18)29)15-37-8-1-2-20(37)24(33)38/h3-6,14,20H,1-2,7-13,15H2,(H2,33,38)(H,34,39). The molecule has 2 fully saturated rings. The summed E-state index contributed by atoms with van der Waals surface area (Å²) in [5.74, 6) is -3.88. The van der Waals surface area contributed by atoms with Crippen LogP contribution in [0.3, 0.4) is 0 Å². The van der Waals surface area contributed by atoms with Gasteiger partial charge in [0.1, 0.15) is 0 Å². The van der Waals surface area contributed by atoms with E-state index in [0.717, 1.165) is 0 Å². The second-order valence-corrected chi connectivity index (χ2v) is 10.2. The molecule has 4 rings (SSSR count). The first kappa shape index (κ1) is 29.0. The molecule has 3 N–H and O–H groups in total. The molecule has 2 aliphatic heterocycles. The van der Waals surface area contributed by atoms with E-state index in [9.17, 15) is 27.2 Å². The van der Waals surface area contributed by atoms with Crippen LogP contribution < -0.4 is 16.0 Å². The van der Waals surface area contributed by atoms with E-state index in [1.165, 1.54) is 24.3 Å². The van der Waals surface area contributed by atoms with Gasteiger partial charge in [0.25, 0.3) is 5.91 Å². The summed E-state index contributed by atoms with van der Waals surface area (Å²) in [7, 11) is 0. The van der Waals surface area contributed by atoms with Crippen LogP contribution in [-0.2, 0) is 11.3 Å². The number of amides is 2. The summed E-state index contributed by atoms with van der Waals surface area (Å²) >= 11 is 6.16. The zero-order valence-corrected chi connectivity index (χ0v) is 21.8. The Labute approximate surface area is 227 Å². The third-order valence-corrected chi connectivity index (χ3v) is 7.34. The summed E-state index contributed by atoms with van der Waals surface area (Å²) in [4.78, 5) is 29.9. The van der Waals surface area contributed by atoms with E-state index >= 15 is 4.39 Å². The number of benzene rings is 2. The molecule has 13 heteroatoms. The number of hydrogen-bond acceptors (Lipinski definition) is 5. The third kappa shape index (κ3) is 7.17. The van der Waals surface area contributed by atoms with Crippen LogP contribution in [0, 0.1) is 11.6 Å². The fraction of sp³-hybridized carbons (Fsp3) is 0.462. The lowest BCUT2D eigenvalue weighted by Crippen LogP contribution is -2.47. The van der Waals surface area contributed by atoms with E-state index < -0.39 is 47.7 Å². The predicted molar refractivity (Wildman–Crippen MR) is 138 cm³/mol. The lowest BCUT2D eigenvalue weighted by Gasteiger charge is -2.37. The number of piperazine rings is 1. The summed E-state index contributed by atoms with van der Waals surface area (Å²) in [6.07, 6.45) is -3.86. The van der Waals surface area contributed by atoms with Crippen molar-refractivity contribution in [1.29, 1.82) is 0 Å². The van der Waals surface area contributed by atoms with Crippen molar-refractivity contribution in [3.05, 3.63) is 58.1 Å². The van der Waals surface area contributed by atoms with Gasteiger partial charge in [0, 0.05) is 49.9 Å². The van der Waals surface area contributed by atoms with Crippen LogP contribution in [0.15, 0.2) is 30.3 Å². The number of primary amides is 1. The van der Waals surface area contributed by atoms with Gasteiger partial charge < -0.3 is 16.0 Å². The highest BCUT2D eigenvalue weighted by Gasteiger charge is 2.31. The Morgan fingerprint density at radius 2 is 1.74 bits per heavy atom. The largest absolute Gasteiger partial charge is 0.390 e. The average Bonchev–Trinajstić information content (AvgIpc) is 3.35. The molecule has 0 bridgehead atoms. The lowest BCUT2D eigenvalue weighted by atomic mass is 10.1. The van der Waals surface area contributed by atoms with Crippen LogP contribution in [0.25, 0.3) is 0 Å². The van der Waals surface area contributed by atoms with Crippen molar-refractivity contribution in [1.82, 2.24) is 9.80 Å². The zero-order chi connectivity index (χ0) is 28.3. The van der Waals surface area contributed by atoms with E-state index in [2.05, 4.69) is 5.32 Å². The molecule has 2 aromatic carbocycles. The van der Waals surface area contributed by atoms with Crippen molar-refractivity contribution in [3.63, 3.8) is 0 Å². The SMILES string of the molecule is NC(=O)C1CCCN1Cc1ccc(C(=O)Nc2ccc(Cl)cc2N2CCN(CCC(F)(F)F)CC2)c(F)c1F. The molecule has 2 aliphatic rings. The second kappa shape index (κ2) is 12.1. The zero-order valence-electron chi connectivity index (χ0n) is 21.0. The molecule has 212 valence electrons. The Hall–Kier alpha value is -2.96. The molecule has 1 unspecified atom stereocenters. The monoisotopic (exact) mass is 573 g/mol. The molecule has 0 radical (unpaired) electrons. The molecule has 39 heavy (non-hydrogen) atoms. The maximum absolute atomic E-state index is 15.0. The molecule has 0 aliphatic carbocycles. The minimum atomic E-state index is -4.23. The van der Waals surface area contributed by atoms with Gasteiger partial charge in [-0.2, -0.15) is 13.2 Å². The molecule has 0 aromatic heterocycles. The second-order valence-electron chi connectivity index (χ2n) is 9.74. The van der Waals surface area contributed by atoms with Crippen LogP contribution in [0.4, 0.5) is 33.3 Å². The molecule has 0 saturated carbocycles. The minimum Gasteiger partial charge on any atom is -0.368 e. The Morgan fingerprint density at radius 3 is 2.41 bits per heavy atom. The normalized spacial score (nSPS) is 18.9. The molecule has 0 spiro atoms. The summed E-state index contributed by atoms with van der Waals surface area (Å²) in [6.45, 7) is 1.94. The summed E-state index contributed by atoms with van der Waals surface area (Å²) in [5.41, 5.74) is 5.74. The number of carbonyl (C=O) groups is 2. The molecule has 2 saturated heterocycles. The smallest absolute Gasteiger partial charge is 0.368 e. The highest BCUT2D eigenvalue weighted by Crippen LogP contribution is 2.32. The van der Waals surface area contributed by atoms with E-state index in [1.54, 1.807) is 15.9 Å². The van der Waals surface area contributed by atoms with Gasteiger partial charge in [-0.1, -0.05) is 17.7 Å². The maximum atomic E-state index is 15.0. The van der Waals surface area contributed by atoms with Gasteiger partial charge in [0.05, 0.1) is 29.4 Å². The first-order valence-corrected chi connectivity index (χ1v) is 13.0. The molecular weight excluding hydrogens is 545 g/mol. The number of alkyl halides is 3. The Kier molecular flexibility index (Phi) is 8.97. The minimum absolute atomic E-state index is 0.00720. The van der Waals surface area contributed by atoms with Crippen LogP contribution in [-0.4, -0.2) is 73.1 Å². The Bertz CT molecular complexity index is 1220. The number of likely N-dealkylation sites (tertiary alicyclic amines) is 1. The highest BCUT2D eigenvalue weighted by atomic mass is 35.5. The van der Waals surface area contributed by atoms with E-state index in [-0.39, 0.29) is 18.7 Å². The van der Waals surface area contributed by atoms with Crippen molar-refractivity contribution in [2.45, 2.75) is 38.0 Å². The van der Waals surface area contributed by atoms with E-state index in [0.29, 0.717) is 62.0 Å². The van der Waals surface area contributed by atoms with Crippen LogP contribution >= 0.6 is 11.6 Å². The Balaban J connectivity index is 1.45. The van der Waals surface area contributed by atoms with Crippen molar-refractivity contribution in [2.24, 2.45) is 5.73 Å². The molecule has 2 heterocycles. The predicted octanol–water partition coefficient (Wildman–Crippen LogP) is 4.39. The first-order valence-electron chi connectivity index (χ1n) is 12.6. The first-order chi connectivity index (χ1) is 18.4. The number of nitrogens with one attached hydrogen (secondary N) is 1. The number of carbonyl (C=O) groups excluding carboxylic acids is 2. The van der Waals surface area contributed by atoms with Gasteiger partial charge in [0.15, 0.2) is 11.6 Å². The van der Waals surface area contributed by atoms with Gasteiger partial charge in [-0.15, -0.1) is 0 Å². The number of halogens is 6. The van der Waals surface area contributed by atoms with Gasteiger partial charge in [-0.25, -0.2) is 8.78 Å². The summed E-state index contributed by atoms with van der Waals surface area (Å²) in [5, 5.41) is 2.99. The van der Waals surface area contributed by atoms with Gasteiger partial charge in [-0.3, -0.25) is 19.4 Å². The number of anilines is 2. The van der Waals surface area contributed by atoms with Gasteiger partial charge in [0.2, 0.25) is 5.91 Å². The highest BCUT2D eigenvalue weighted by molar-refractivity contribution is 6.31. The van der Waals surface area contributed by atoms with Crippen molar-refractivity contribution < 1.29 is 31.5 Å². The van der Waals surface area contributed by atoms with Crippen molar-refractivity contribution in [2.75, 3.05) is 49.5 Å². The average molecular weight is 574 g/mol. The third-order valence-electron chi connectivity index (χ3n) is 7.10. The van der Waals surface area contributed by atoms with Gasteiger partial charge in [-0.05, 0) is 43.7 Å². The Morgan fingerprint density at radius 1 is 1.03 bits per heavy atom. The molecular formula is C26H29ClF5N5O2. The van der Waals surface area contributed by atoms with E-state index in [1.807, 2.05) is 4.90 Å². The number of rotatable bonds is 8. The lowest BCUT2D eigenvalue weighted by molar-refractivity contribution is -0.138. The fourth-order valence-electron chi connectivity index (χ4n) is 5.00. The molecule has 2 aromatic rings. The molecule has 1 atom stereocenters. The quantitative estimate of drug-likeness (QED) is 0.458. The van der Waals surface area contributed by atoms with Crippen molar-refractivity contribution >= 4 is 34.8 Å².